The van der Waals surface area contributed by atoms with Crippen LogP contribution >= 0.6 is 0 Å². The summed E-state index contributed by atoms with van der Waals surface area (Å²) in [6, 6.07) is 8.38. The first-order valence-corrected chi connectivity index (χ1v) is 6.52. The van der Waals surface area contributed by atoms with E-state index in [0.717, 1.165) is 18.5 Å². The molecule has 1 saturated carbocycles. The van der Waals surface area contributed by atoms with Crippen LogP contribution in [0.4, 0.5) is 0 Å². The largest absolute Gasteiger partial charge is 0.321 e. The molecule has 0 spiro atoms. The predicted octanol–water partition coefficient (Wildman–Crippen LogP) is 2.39. The predicted molar refractivity (Wildman–Crippen MR) is 70.3 cm³/mol. The van der Waals surface area contributed by atoms with E-state index in [2.05, 4.69) is 34.3 Å². The molecule has 1 aromatic heterocycles. The summed E-state index contributed by atoms with van der Waals surface area (Å²) >= 11 is 0. The van der Waals surface area contributed by atoms with Gasteiger partial charge in [0, 0.05) is 5.54 Å². The molecule has 94 valence electrons. The maximum atomic E-state index is 6.51. The van der Waals surface area contributed by atoms with E-state index in [1.54, 1.807) is 17.3 Å². The summed E-state index contributed by atoms with van der Waals surface area (Å²) in [5.41, 5.74) is 8.65. The SMILES string of the molecule is NC1(c2ccc(-n3cncn3)cc2)CCCCC1. The van der Waals surface area contributed by atoms with Gasteiger partial charge in [-0.25, -0.2) is 9.67 Å². The molecule has 3 rings (SSSR count). The third-order valence-corrected chi connectivity index (χ3v) is 3.87. The molecule has 2 N–H and O–H groups in total. The summed E-state index contributed by atoms with van der Waals surface area (Å²) < 4.78 is 1.76. The van der Waals surface area contributed by atoms with Gasteiger partial charge in [-0.2, -0.15) is 5.10 Å². The molecular weight excluding hydrogens is 224 g/mol. The molecule has 0 bridgehead atoms. The van der Waals surface area contributed by atoms with Crippen molar-refractivity contribution in [3.05, 3.63) is 42.5 Å². The summed E-state index contributed by atoms with van der Waals surface area (Å²) in [6.45, 7) is 0. The Bertz CT molecular complexity index is 495. The van der Waals surface area contributed by atoms with Crippen LogP contribution in [0.2, 0.25) is 0 Å². The zero-order valence-electron chi connectivity index (χ0n) is 10.4. The molecule has 18 heavy (non-hydrogen) atoms. The second kappa shape index (κ2) is 4.53. The van der Waals surface area contributed by atoms with Gasteiger partial charge in [-0.1, -0.05) is 31.4 Å². The molecule has 0 atom stereocenters. The Morgan fingerprint density at radius 3 is 2.39 bits per heavy atom. The first kappa shape index (κ1) is 11.4. The van der Waals surface area contributed by atoms with Crippen molar-refractivity contribution in [3.8, 4) is 5.69 Å². The van der Waals surface area contributed by atoms with Crippen molar-refractivity contribution in [1.29, 1.82) is 0 Å². The Morgan fingerprint density at radius 2 is 1.78 bits per heavy atom. The lowest BCUT2D eigenvalue weighted by molar-refractivity contribution is 0.302. The summed E-state index contributed by atoms with van der Waals surface area (Å²) in [4.78, 5) is 3.95. The summed E-state index contributed by atoms with van der Waals surface area (Å²) in [6.07, 6.45) is 9.22. The quantitative estimate of drug-likeness (QED) is 0.879. The first-order chi connectivity index (χ1) is 8.78. The molecule has 1 aliphatic carbocycles. The van der Waals surface area contributed by atoms with Gasteiger partial charge in [0.05, 0.1) is 5.69 Å². The highest BCUT2D eigenvalue weighted by atomic mass is 15.3. The van der Waals surface area contributed by atoms with Crippen molar-refractivity contribution < 1.29 is 0 Å². The van der Waals surface area contributed by atoms with Gasteiger partial charge >= 0.3 is 0 Å². The highest BCUT2D eigenvalue weighted by Crippen LogP contribution is 2.34. The monoisotopic (exact) mass is 242 g/mol. The maximum Gasteiger partial charge on any atom is 0.138 e. The van der Waals surface area contributed by atoms with E-state index in [1.807, 2.05) is 0 Å². The Morgan fingerprint density at radius 1 is 1.06 bits per heavy atom. The molecule has 0 unspecified atom stereocenters. The number of hydrogen-bond acceptors (Lipinski definition) is 3. The third-order valence-electron chi connectivity index (χ3n) is 3.87. The van der Waals surface area contributed by atoms with Crippen LogP contribution in [0.25, 0.3) is 5.69 Å². The standard InChI is InChI=1S/C14H18N4/c15-14(8-2-1-3-9-14)12-4-6-13(7-5-12)18-11-16-10-17-18/h4-7,10-11H,1-3,8-9,15H2. The van der Waals surface area contributed by atoms with Gasteiger partial charge in [-0.05, 0) is 30.5 Å². The minimum atomic E-state index is -0.126. The zero-order valence-corrected chi connectivity index (χ0v) is 10.4. The lowest BCUT2D eigenvalue weighted by Gasteiger charge is -2.34. The number of hydrogen-bond donors (Lipinski definition) is 1. The van der Waals surface area contributed by atoms with E-state index in [0.29, 0.717) is 0 Å². The van der Waals surface area contributed by atoms with Gasteiger partial charge in [0.2, 0.25) is 0 Å². The molecule has 1 heterocycles. The van der Waals surface area contributed by atoms with Crippen molar-refractivity contribution >= 4 is 0 Å². The molecule has 0 saturated heterocycles. The van der Waals surface area contributed by atoms with E-state index < -0.39 is 0 Å². The maximum absolute atomic E-state index is 6.51. The minimum Gasteiger partial charge on any atom is -0.321 e. The van der Waals surface area contributed by atoms with Gasteiger partial charge in [0.1, 0.15) is 12.7 Å². The molecule has 2 aromatic rings. The average molecular weight is 242 g/mol. The van der Waals surface area contributed by atoms with E-state index in [9.17, 15) is 0 Å². The van der Waals surface area contributed by atoms with Crippen LogP contribution in [0.3, 0.4) is 0 Å². The van der Waals surface area contributed by atoms with E-state index in [-0.39, 0.29) is 5.54 Å². The van der Waals surface area contributed by atoms with Gasteiger partial charge in [0.25, 0.3) is 0 Å². The molecule has 0 aliphatic heterocycles. The average Bonchev–Trinajstić information content (AvgIpc) is 2.94. The second-order valence-electron chi connectivity index (χ2n) is 5.10. The molecule has 1 aliphatic rings. The van der Waals surface area contributed by atoms with Gasteiger partial charge in [-0.15, -0.1) is 0 Å². The van der Waals surface area contributed by atoms with Crippen LogP contribution in [0.15, 0.2) is 36.9 Å². The summed E-state index contributed by atoms with van der Waals surface area (Å²) in [7, 11) is 0. The number of nitrogens with zero attached hydrogens (tertiary/aromatic N) is 3. The molecule has 4 nitrogen and oxygen atoms in total. The van der Waals surface area contributed by atoms with E-state index >= 15 is 0 Å². The Balaban J connectivity index is 1.86. The van der Waals surface area contributed by atoms with Crippen molar-refractivity contribution in [2.45, 2.75) is 37.6 Å². The molecule has 0 radical (unpaired) electrons. The number of rotatable bonds is 2. The van der Waals surface area contributed by atoms with Crippen LogP contribution < -0.4 is 5.73 Å². The van der Waals surface area contributed by atoms with E-state index in [4.69, 9.17) is 5.73 Å². The van der Waals surface area contributed by atoms with Crippen LogP contribution in [0.1, 0.15) is 37.7 Å². The molecule has 4 heteroatoms. The van der Waals surface area contributed by atoms with E-state index in [1.165, 1.54) is 24.8 Å². The van der Waals surface area contributed by atoms with Crippen LogP contribution in [0.5, 0.6) is 0 Å². The van der Waals surface area contributed by atoms with Crippen molar-refractivity contribution in [2.75, 3.05) is 0 Å². The fourth-order valence-electron chi connectivity index (χ4n) is 2.76. The molecule has 1 fully saturated rings. The highest BCUT2D eigenvalue weighted by molar-refractivity contribution is 5.36. The molecular formula is C14H18N4. The normalized spacial score (nSPS) is 18.7. The fraction of sp³-hybridized carbons (Fsp3) is 0.429. The van der Waals surface area contributed by atoms with Crippen LogP contribution in [-0.2, 0) is 5.54 Å². The highest BCUT2D eigenvalue weighted by Gasteiger charge is 2.29. The Labute approximate surface area is 107 Å². The molecule has 0 amide bonds. The number of nitrogens with two attached hydrogens (primary N) is 1. The minimum absolute atomic E-state index is 0.126. The summed E-state index contributed by atoms with van der Waals surface area (Å²) in [5, 5.41) is 4.12. The van der Waals surface area contributed by atoms with Crippen molar-refractivity contribution in [1.82, 2.24) is 14.8 Å². The summed E-state index contributed by atoms with van der Waals surface area (Å²) in [5.74, 6) is 0. The number of benzene rings is 1. The lowest BCUT2D eigenvalue weighted by atomic mass is 9.77. The second-order valence-corrected chi connectivity index (χ2v) is 5.10. The van der Waals surface area contributed by atoms with Crippen LogP contribution in [0, 0.1) is 0 Å². The third kappa shape index (κ3) is 2.04. The fourth-order valence-corrected chi connectivity index (χ4v) is 2.76. The van der Waals surface area contributed by atoms with Crippen molar-refractivity contribution in [2.24, 2.45) is 5.73 Å². The number of aromatic nitrogens is 3. The Kier molecular flexibility index (Phi) is 2.88. The van der Waals surface area contributed by atoms with Gasteiger partial charge in [-0.3, -0.25) is 0 Å². The molecule has 1 aromatic carbocycles. The smallest absolute Gasteiger partial charge is 0.138 e. The van der Waals surface area contributed by atoms with Gasteiger partial charge in [0.15, 0.2) is 0 Å². The Hall–Kier alpha value is -1.68. The van der Waals surface area contributed by atoms with Crippen molar-refractivity contribution in [3.63, 3.8) is 0 Å². The zero-order chi connectivity index (χ0) is 12.4. The topological polar surface area (TPSA) is 56.7 Å². The van der Waals surface area contributed by atoms with Crippen LogP contribution in [-0.4, -0.2) is 14.8 Å². The van der Waals surface area contributed by atoms with Gasteiger partial charge < -0.3 is 5.73 Å². The first-order valence-electron chi connectivity index (χ1n) is 6.52. The lowest BCUT2D eigenvalue weighted by Crippen LogP contribution is -2.38.